The molecule has 0 saturated carbocycles. The third kappa shape index (κ3) is 5.03. The normalized spacial score (nSPS) is 14.3. The van der Waals surface area contributed by atoms with E-state index in [9.17, 15) is 8.42 Å². The van der Waals surface area contributed by atoms with E-state index < -0.39 is 10.2 Å². The number of nitrogens with zero attached hydrogens (tertiary/aromatic N) is 1. The lowest BCUT2D eigenvalue weighted by molar-refractivity contribution is 0.303. The van der Waals surface area contributed by atoms with Crippen molar-refractivity contribution in [3.05, 3.63) is 22.4 Å². The molecule has 0 radical (unpaired) electrons. The zero-order valence-corrected chi connectivity index (χ0v) is 12.8. The molecule has 0 aliphatic rings. The number of hydrogen-bond acceptors (Lipinski definition) is 4. The van der Waals surface area contributed by atoms with Crippen molar-refractivity contribution in [3.63, 3.8) is 0 Å². The average molecular weight is 291 g/mol. The minimum atomic E-state index is -3.42. The summed E-state index contributed by atoms with van der Waals surface area (Å²) in [6.45, 7) is 3.94. The summed E-state index contributed by atoms with van der Waals surface area (Å²) in [5, 5.41) is 1.99. The summed E-state index contributed by atoms with van der Waals surface area (Å²) in [6, 6.07) is 3.92. The Morgan fingerprint density at radius 2 is 2.06 bits per heavy atom. The van der Waals surface area contributed by atoms with E-state index in [0.717, 1.165) is 4.88 Å². The number of likely N-dealkylation sites (N-methyl/N-ethyl adjacent to an activating group) is 1. The van der Waals surface area contributed by atoms with Gasteiger partial charge in [-0.15, -0.1) is 11.3 Å². The highest BCUT2D eigenvalue weighted by Crippen LogP contribution is 2.22. The predicted octanol–water partition coefficient (Wildman–Crippen LogP) is 1.18. The van der Waals surface area contributed by atoms with Crippen LogP contribution in [0.4, 0.5) is 0 Å². The molecule has 2 N–H and O–H groups in total. The molecule has 0 aliphatic heterocycles. The molecule has 1 atom stereocenters. The quantitative estimate of drug-likeness (QED) is 0.793. The van der Waals surface area contributed by atoms with Crippen LogP contribution in [-0.4, -0.2) is 40.0 Å². The fourth-order valence-corrected chi connectivity index (χ4v) is 3.56. The Labute approximate surface area is 113 Å². The second-order valence-electron chi connectivity index (χ2n) is 4.62. The SMILES string of the molecule is CC(C)NS(=O)(=O)NCC(c1cccs1)N(C)C. The van der Waals surface area contributed by atoms with Gasteiger partial charge in [-0.1, -0.05) is 6.07 Å². The van der Waals surface area contributed by atoms with E-state index in [4.69, 9.17) is 0 Å². The molecule has 0 aliphatic carbocycles. The lowest BCUT2D eigenvalue weighted by atomic mass is 10.2. The molecule has 0 bridgehead atoms. The second-order valence-corrected chi connectivity index (χ2v) is 7.13. The van der Waals surface area contributed by atoms with Gasteiger partial charge in [0.25, 0.3) is 10.2 Å². The molecular weight excluding hydrogens is 270 g/mol. The van der Waals surface area contributed by atoms with E-state index in [0.29, 0.717) is 6.54 Å². The summed E-state index contributed by atoms with van der Waals surface area (Å²) >= 11 is 1.63. The van der Waals surface area contributed by atoms with Crippen LogP contribution in [0.2, 0.25) is 0 Å². The van der Waals surface area contributed by atoms with Gasteiger partial charge < -0.3 is 4.90 Å². The zero-order valence-electron chi connectivity index (χ0n) is 11.2. The smallest absolute Gasteiger partial charge is 0.277 e. The van der Waals surface area contributed by atoms with Gasteiger partial charge in [0.05, 0.1) is 6.04 Å². The molecule has 0 fully saturated rings. The first-order valence-corrected chi connectivity index (χ1v) is 8.15. The largest absolute Gasteiger partial charge is 0.300 e. The van der Waals surface area contributed by atoms with Gasteiger partial charge in [0.2, 0.25) is 0 Å². The van der Waals surface area contributed by atoms with Gasteiger partial charge in [-0.25, -0.2) is 4.72 Å². The van der Waals surface area contributed by atoms with Crippen molar-refractivity contribution >= 4 is 21.5 Å². The summed E-state index contributed by atoms with van der Waals surface area (Å²) in [5.74, 6) is 0. The van der Waals surface area contributed by atoms with Gasteiger partial charge in [-0.05, 0) is 39.4 Å². The maximum Gasteiger partial charge on any atom is 0.277 e. The Morgan fingerprint density at radius 3 is 2.50 bits per heavy atom. The molecule has 1 heterocycles. The predicted molar refractivity (Wildman–Crippen MR) is 75.9 cm³/mol. The van der Waals surface area contributed by atoms with E-state index in [1.54, 1.807) is 25.2 Å². The topological polar surface area (TPSA) is 61.4 Å². The lowest BCUT2D eigenvalue weighted by Gasteiger charge is -2.23. The van der Waals surface area contributed by atoms with Crippen LogP contribution in [0.3, 0.4) is 0 Å². The van der Waals surface area contributed by atoms with Crippen LogP contribution >= 0.6 is 11.3 Å². The second kappa shape index (κ2) is 6.63. The fourth-order valence-electron chi connectivity index (χ4n) is 1.56. The van der Waals surface area contributed by atoms with Crippen molar-refractivity contribution in [2.24, 2.45) is 0 Å². The van der Waals surface area contributed by atoms with Crippen LogP contribution in [0, 0.1) is 0 Å². The van der Waals surface area contributed by atoms with Crippen LogP contribution in [-0.2, 0) is 10.2 Å². The lowest BCUT2D eigenvalue weighted by Crippen LogP contribution is -2.43. The first-order chi connectivity index (χ1) is 8.32. The van der Waals surface area contributed by atoms with Crippen LogP contribution < -0.4 is 9.44 Å². The van der Waals surface area contributed by atoms with Gasteiger partial charge in [0.1, 0.15) is 0 Å². The third-order valence-corrected chi connectivity index (χ3v) is 4.65. The molecule has 0 saturated heterocycles. The van der Waals surface area contributed by atoms with Crippen LogP contribution in [0.5, 0.6) is 0 Å². The highest BCUT2D eigenvalue weighted by atomic mass is 32.2. The standard InChI is InChI=1S/C11H21N3O2S2/c1-9(2)13-18(15,16)12-8-10(14(3)4)11-6-5-7-17-11/h5-7,9-10,12-13H,8H2,1-4H3. The summed E-state index contributed by atoms with van der Waals surface area (Å²) < 4.78 is 28.5. The maximum absolute atomic E-state index is 11.7. The van der Waals surface area contributed by atoms with Crippen molar-refractivity contribution in [1.82, 2.24) is 14.3 Å². The Bertz CT molecular complexity index is 441. The molecule has 18 heavy (non-hydrogen) atoms. The maximum atomic E-state index is 11.7. The first-order valence-electron chi connectivity index (χ1n) is 5.78. The van der Waals surface area contributed by atoms with E-state index in [2.05, 4.69) is 9.44 Å². The number of thiophene rings is 1. The summed E-state index contributed by atoms with van der Waals surface area (Å²) in [6.07, 6.45) is 0. The van der Waals surface area contributed by atoms with Gasteiger partial charge in [0.15, 0.2) is 0 Å². The molecule has 1 aromatic rings. The third-order valence-electron chi connectivity index (χ3n) is 2.35. The fraction of sp³-hybridized carbons (Fsp3) is 0.636. The summed E-state index contributed by atoms with van der Waals surface area (Å²) in [5.41, 5.74) is 0. The molecule has 1 rings (SSSR count). The molecular formula is C11H21N3O2S2. The first kappa shape index (κ1) is 15.6. The van der Waals surface area contributed by atoms with E-state index in [1.165, 1.54) is 0 Å². The van der Waals surface area contributed by atoms with E-state index in [1.807, 2.05) is 36.5 Å². The molecule has 0 aromatic carbocycles. The molecule has 1 unspecified atom stereocenters. The van der Waals surface area contributed by atoms with Crippen LogP contribution in [0.1, 0.15) is 24.8 Å². The van der Waals surface area contributed by atoms with Gasteiger partial charge in [-0.2, -0.15) is 13.1 Å². The number of rotatable bonds is 7. The molecule has 7 heteroatoms. The van der Waals surface area contributed by atoms with Crippen molar-refractivity contribution < 1.29 is 8.42 Å². The van der Waals surface area contributed by atoms with Crippen molar-refractivity contribution in [3.8, 4) is 0 Å². The zero-order chi connectivity index (χ0) is 13.8. The van der Waals surface area contributed by atoms with Crippen molar-refractivity contribution in [2.45, 2.75) is 25.9 Å². The van der Waals surface area contributed by atoms with Crippen LogP contribution in [0.25, 0.3) is 0 Å². The van der Waals surface area contributed by atoms with Gasteiger partial charge in [0, 0.05) is 17.5 Å². The van der Waals surface area contributed by atoms with Gasteiger partial charge >= 0.3 is 0 Å². The van der Waals surface area contributed by atoms with Gasteiger partial charge in [-0.3, -0.25) is 0 Å². The van der Waals surface area contributed by atoms with Crippen molar-refractivity contribution in [1.29, 1.82) is 0 Å². The Balaban J connectivity index is 2.64. The number of nitrogens with one attached hydrogen (secondary N) is 2. The minimum Gasteiger partial charge on any atom is -0.300 e. The Hall–Kier alpha value is -0.470. The molecule has 104 valence electrons. The van der Waals surface area contributed by atoms with E-state index in [-0.39, 0.29) is 12.1 Å². The Kier molecular flexibility index (Phi) is 5.74. The van der Waals surface area contributed by atoms with Crippen LogP contribution in [0.15, 0.2) is 17.5 Å². The average Bonchev–Trinajstić information content (AvgIpc) is 2.68. The summed E-state index contributed by atoms with van der Waals surface area (Å²) in [4.78, 5) is 3.15. The highest BCUT2D eigenvalue weighted by molar-refractivity contribution is 7.87. The highest BCUT2D eigenvalue weighted by Gasteiger charge is 2.19. The van der Waals surface area contributed by atoms with E-state index >= 15 is 0 Å². The molecule has 1 aromatic heterocycles. The summed E-state index contributed by atoms with van der Waals surface area (Å²) in [7, 11) is 0.456. The Morgan fingerprint density at radius 1 is 1.39 bits per heavy atom. The monoisotopic (exact) mass is 291 g/mol. The molecule has 0 spiro atoms. The molecule has 5 nitrogen and oxygen atoms in total. The minimum absolute atomic E-state index is 0.0498. The van der Waals surface area contributed by atoms with Crippen molar-refractivity contribution in [2.75, 3.05) is 20.6 Å². The number of hydrogen-bond donors (Lipinski definition) is 2. The molecule has 0 amide bonds.